The minimum atomic E-state index is -1.00. The molecule has 6 heteroatoms. The van der Waals surface area contributed by atoms with Gasteiger partial charge in [-0.25, -0.2) is 4.79 Å². The van der Waals surface area contributed by atoms with Gasteiger partial charge in [0.2, 0.25) is 6.10 Å². The first kappa shape index (κ1) is 15.9. The summed E-state index contributed by atoms with van der Waals surface area (Å²) >= 11 is 0. The fraction of sp³-hybridized carbons (Fsp3) is 0.222. The Balaban J connectivity index is 1.65. The van der Waals surface area contributed by atoms with Crippen molar-refractivity contribution < 1.29 is 24.2 Å². The maximum absolute atomic E-state index is 12.4. The van der Waals surface area contributed by atoms with E-state index >= 15 is 0 Å². The molecule has 1 aliphatic heterocycles. The molecule has 2 aromatic carbocycles. The number of fused-ring (bicyclic) bond motifs is 1. The number of hydrogen-bond acceptors (Lipinski definition) is 4. The fourth-order valence-corrected chi connectivity index (χ4v) is 2.51. The van der Waals surface area contributed by atoms with Crippen molar-refractivity contribution in [3.05, 3.63) is 59.7 Å². The lowest BCUT2D eigenvalue weighted by molar-refractivity contribution is -0.133. The normalized spacial score (nSPS) is 18.7. The van der Waals surface area contributed by atoms with E-state index in [1.165, 1.54) is 12.1 Å². The number of aromatic carboxylic acids is 1. The van der Waals surface area contributed by atoms with Crippen LogP contribution in [0.5, 0.6) is 11.5 Å². The van der Waals surface area contributed by atoms with E-state index in [4.69, 9.17) is 14.6 Å². The van der Waals surface area contributed by atoms with Crippen LogP contribution in [0.1, 0.15) is 22.8 Å². The predicted octanol–water partition coefficient (Wildman–Crippen LogP) is 2.23. The number of hydrogen-bond donors (Lipinski definition) is 2. The Morgan fingerprint density at radius 2 is 1.79 bits per heavy atom. The number of carboxylic acid groups (broad SMARTS) is 1. The molecule has 6 nitrogen and oxygen atoms in total. The van der Waals surface area contributed by atoms with Gasteiger partial charge in [-0.15, -0.1) is 0 Å². The second kappa shape index (κ2) is 6.62. The zero-order chi connectivity index (χ0) is 17.1. The van der Waals surface area contributed by atoms with E-state index in [1.807, 2.05) is 12.1 Å². The minimum Gasteiger partial charge on any atom is -0.482 e. The molecule has 2 unspecified atom stereocenters. The van der Waals surface area contributed by atoms with Crippen molar-refractivity contribution in [3.63, 3.8) is 0 Å². The number of ether oxygens (including phenoxy) is 2. The van der Waals surface area contributed by atoms with Crippen LogP contribution in [0.15, 0.2) is 48.5 Å². The number of carbonyl (C=O) groups excluding carboxylic acids is 1. The van der Waals surface area contributed by atoms with E-state index in [-0.39, 0.29) is 18.0 Å². The van der Waals surface area contributed by atoms with Crippen LogP contribution in [-0.2, 0) is 11.3 Å². The molecule has 2 atom stereocenters. The summed E-state index contributed by atoms with van der Waals surface area (Å²) in [4.78, 5) is 23.4. The topological polar surface area (TPSA) is 84.9 Å². The molecule has 2 aromatic rings. The van der Waals surface area contributed by atoms with Crippen LogP contribution in [0, 0.1) is 0 Å². The van der Waals surface area contributed by atoms with Crippen LogP contribution >= 0.6 is 0 Å². The number of para-hydroxylation sites is 2. The molecule has 0 radical (unpaired) electrons. The van der Waals surface area contributed by atoms with Gasteiger partial charge < -0.3 is 19.9 Å². The van der Waals surface area contributed by atoms with Crippen LogP contribution in [0.25, 0.3) is 0 Å². The molecular weight excluding hydrogens is 310 g/mol. The fourth-order valence-electron chi connectivity index (χ4n) is 2.51. The molecule has 124 valence electrons. The van der Waals surface area contributed by atoms with Gasteiger partial charge in [-0.05, 0) is 36.8 Å². The molecule has 0 aliphatic carbocycles. The maximum atomic E-state index is 12.4. The number of amides is 1. The first-order chi connectivity index (χ1) is 11.5. The lowest BCUT2D eigenvalue weighted by atomic mass is 10.1. The van der Waals surface area contributed by atoms with Crippen molar-refractivity contribution >= 4 is 11.9 Å². The van der Waals surface area contributed by atoms with E-state index in [0.717, 1.165) is 0 Å². The number of rotatable bonds is 4. The zero-order valence-corrected chi connectivity index (χ0v) is 13.1. The molecule has 0 saturated heterocycles. The highest BCUT2D eigenvalue weighted by Crippen LogP contribution is 2.33. The van der Waals surface area contributed by atoms with Crippen LogP contribution in [0.2, 0.25) is 0 Å². The van der Waals surface area contributed by atoms with E-state index < -0.39 is 18.2 Å². The third-order valence-electron chi connectivity index (χ3n) is 3.74. The highest BCUT2D eigenvalue weighted by atomic mass is 16.6. The second-order valence-corrected chi connectivity index (χ2v) is 5.53. The van der Waals surface area contributed by atoms with Crippen LogP contribution in [-0.4, -0.2) is 29.2 Å². The Morgan fingerprint density at radius 1 is 1.08 bits per heavy atom. The van der Waals surface area contributed by atoms with Crippen molar-refractivity contribution in [2.45, 2.75) is 25.7 Å². The van der Waals surface area contributed by atoms with Crippen molar-refractivity contribution in [1.82, 2.24) is 5.32 Å². The molecule has 1 amide bonds. The lowest BCUT2D eigenvalue weighted by Crippen LogP contribution is -2.48. The lowest BCUT2D eigenvalue weighted by Gasteiger charge is -2.31. The first-order valence-corrected chi connectivity index (χ1v) is 7.57. The molecule has 0 spiro atoms. The quantitative estimate of drug-likeness (QED) is 0.899. The van der Waals surface area contributed by atoms with Gasteiger partial charge in [-0.2, -0.15) is 0 Å². The number of carboxylic acids is 1. The van der Waals surface area contributed by atoms with E-state index in [0.29, 0.717) is 17.1 Å². The summed E-state index contributed by atoms with van der Waals surface area (Å²) in [6, 6.07) is 13.6. The number of carbonyl (C=O) groups is 2. The smallest absolute Gasteiger partial charge is 0.335 e. The van der Waals surface area contributed by atoms with Gasteiger partial charge in [0, 0.05) is 6.54 Å². The summed E-state index contributed by atoms with van der Waals surface area (Å²) in [7, 11) is 0. The highest BCUT2D eigenvalue weighted by Gasteiger charge is 2.33. The number of nitrogens with one attached hydrogen (secondary N) is 1. The van der Waals surface area contributed by atoms with Crippen molar-refractivity contribution in [2.75, 3.05) is 0 Å². The van der Waals surface area contributed by atoms with Gasteiger partial charge >= 0.3 is 5.97 Å². The Morgan fingerprint density at radius 3 is 2.50 bits per heavy atom. The molecule has 0 aromatic heterocycles. The summed E-state index contributed by atoms with van der Waals surface area (Å²) in [5.74, 6) is -0.165. The maximum Gasteiger partial charge on any atom is 0.335 e. The SMILES string of the molecule is CC1Oc2ccccc2OC1C(=O)NCc1cccc(C(=O)O)c1. The molecular formula is C18H17NO5. The van der Waals surface area contributed by atoms with Crippen LogP contribution in [0.4, 0.5) is 0 Å². The first-order valence-electron chi connectivity index (χ1n) is 7.57. The Bertz CT molecular complexity index is 774. The molecule has 0 saturated carbocycles. The third kappa shape index (κ3) is 3.32. The van der Waals surface area contributed by atoms with Gasteiger partial charge in [0.15, 0.2) is 11.5 Å². The summed E-state index contributed by atoms with van der Waals surface area (Å²) in [5, 5.41) is 11.8. The Hall–Kier alpha value is -3.02. The Kier molecular flexibility index (Phi) is 4.37. The van der Waals surface area contributed by atoms with Gasteiger partial charge in [0.25, 0.3) is 5.91 Å². The summed E-state index contributed by atoms with van der Waals surface area (Å²) < 4.78 is 11.4. The molecule has 1 aliphatic rings. The van der Waals surface area contributed by atoms with Crippen LogP contribution in [0.3, 0.4) is 0 Å². The predicted molar refractivity (Wildman–Crippen MR) is 86.2 cm³/mol. The van der Waals surface area contributed by atoms with Gasteiger partial charge in [-0.3, -0.25) is 4.79 Å². The largest absolute Gasteiger partial charge is 0.482 e. The monoisotopic (exact) mass is 327 g/mol. The molecule has 2 N–H and O–H groups in total. The summed E-state index contributed by atoms with van der Waals surface area (Å²) in [5.41, 5.74) is 0.884. The summed E-state index contributed by atoms with van der Waals surface area (Å²) in [6.45, 7) is 1.99. The van der Waals surface area contributed by atoms with Crippen molar-refractivity contribution in [1.29, 1.82) is 0 Å². The standard InChI is InChI=1S/C18H17NO5/c1-11-16(24-15-8-3-2-7-14(15)23-11)17(20)19-10-12-5-4-6-13(9-12)18(21)22/h2-9,11,16H,10H2,1H3,(H,19,20)(H,21,22). The van der Waals surface area contributed by atoms with Crippen LogP contribution < -0.4 is 14.8 Å². The van der Waals surface area contributed by atoms with Gasteiger partial charge in [-0.1, -0.05) is 24.3 Å². The minimum absolute atomic E-state index is 0.182. The second-order valence-electron chi connectivity index (χ2n) is 5.53. The Labute approximate surface area is 139 Å². The van der Waals surface area contributed by atoms with Crippen molar-refractivity contribution in [3.8, 4) is 11.5 Å². The average molecular weight is 327 g/mol. The van der Waals surface area contributed by atoms with E-state index in [1.54, 1.807) is 31.2 Å². The molecule has 24 heavy (non-hydrogen) atoms. The molecule has 3 rings (SSSR count). The third-order valence-corrected chi connectivity index (χ3v) is 3.74. The molecule has 0 fully saturated rings. The zero-order valence-electron chi connectivity index (χ0n) is 13.1. The molecule has 1 heterocycles. The van der Waals surface area contributed by atoms with E-state index in [2.05, 4.69) is 5.32 Å². The average Bonchev–Trinajstić information content (AvgIpc) is 2.59. The summed E-state index contributed by atoms with van der Waals surface area (Å²) in [6.07, 6.45) is -1.19. The number of benzene rings is 2. The highest BCUT2D eigenvalue weighted by molar-refractivity contribution is 5.87. The van der Waals surface area contributed by atoms with Gasteiger partial charge in [0.1, 0.15) is 6.10 Å². The van der Waals surface area contributed by atoms with Gasteiger partial charge in [0.05, 0.1) is 5.56 Å². The van der Waals surface area contributed by atoms with E-state index in [9.17, 15) is 9.59 Å². The van der Waals surface area contributed by atoms with Crippen molar-refractivity contribution in [2.24, 2.45) is 0 Å². The molecule has 0 bridgehead atoms.